The highest BCUT2D eigenvalue weighted by Crippen LogP contribution is 2.31. The molecule has 0 bridgehead atoms. The van der Waals surface area contributed by atoms with E-state index >= 15 is 0 Å². The largest absolute Gasteiger partial charge is 0.309 e. The first-order valence-corrected chi connectivity index (χ1v) is 11.2. The van der Waals surface area contributed by atoms with E-state index in [0.29, 0.717) is 28.4 Å². The Hall–Kier alpha value is -3.36. The summed E-state index contributed by atoms with van der Waals surface area (Å²) in [5.41, 5.74) is 5.99. The van der Waals surface area contributed by atoms with Crippen molar-refractivity contribution in [3.05, 3.63) is 74.6 Å². The third kappa shape index (κ3) is 4.76. The number of likely N-dealkylation sites (N-methyl/N-ethyl adjacent to an activating group) is 1. The summed E-state index contributed by atoms with van der Waals surface area (Å²) in [6, 6.07) is 11.5. The van der Waals surface area contributed by atoms with E-state index < -0.39 is 0 Å². The molecule has 2 aromatic heterocycles. The first kappa shape index (κ1) is 21.9. The highest BCUT2D eigenvalue weighted by Gasteiger charge is 2.14. The minimum Gasteiger partial charge on any atom is -0.309 e. The number of nitrogens with one attached hydrogen (secondary N) is 2. The second-order valence-electron chi connectivity index (χ2n) is 8.06. The van der Waals surface area contributed by atoms with Gasteiger partial charge in [-0.25, -0.2) is 9.97 Å². The summed E-state index contributed by atoms with van der Waals surface area (Å²) in [7, 11) is 1.81. The lowest BCUT2D eigenvalue weighted by Gasteiger charge is -2.15. The van der Waals surface area contributed by atoms with Crippen LogP contribution in [0.1, 0.15) is 22.5 Å². The first-order valence-electron chi connectivity index (χ1n) is 10.3. The predicted molar refractivity (Wildman–Crippen MR) is 129 cm³/mol. The number of fused-ring (bicyclic) bond motifs is 1. The predicted octanol–water partition coefficient (Wildman–Crippen LogP) is 4.04. The molecule has 8 heteroatoms. The number of carbonyl (C=O) groups is 1. The summed E-state index contributed by atoms with van der Waals surface area (Å²) in [5, 5.41) is 5.96. The van der Waals surface area contributed by atoms with Crippen LogP contribution in [0.4, 0.5) is 5.13 Å². The van der Waals surface area contributed by atoms with Crippen molar-refractivity contribution in [2.75, 3.05) is 18.9 Å². The van der Waals surface area contributed by atoms with Gasteiger partial charge in [0.05, 0.1) is 29.7 Å². The number of thiazole rings is 1. The molecule has 0 fully saturated rings. The minimum absolute atomic E-state index is 0.147. The number of aryl methyl sites for hydroxylation is 3. The number of aromatic nitrogens is 3. The fourth-order valence-corrected chi connectivity index (χ4v) is 4.67. The van der Waals surface area contributed by atoms with Gasteiger partial charge in [0.15, 0.2) is 5.13 Å². The molecule has 2 heterocycles. The lowest BCUT2D eigenvalue weighted by molar-refractivity contribution is -0.117. The number of nitrogens with zero attached hydrogens (tertiary/aromatic N) is 3. The van der Waals surface area contributed by atoms with Crippen LogP contribution < -0.4 is 10.9 Å². The van der Waals surface area contributed by atoms with Crippen molar-refractivity contribution >= 4 is 33.3 Å². The van der Waals surface area contributed by atoms with E-state index in [4.69, 9.17) is 0 Å². The van der Waals surface area contributed by atoms with Gasteiger partial charge in [-0.1, -0.05) is 29.8 Å². The van der Waals surface area contributed by atoms with Crippen LogP contribution in [0, 0.1) is 20.8 Å². The normalized spacial score (nSPS) is 11.3. The Morgan fingerprint density at radius 2 is 1.84 bits per heavy atom. The quantitative estimate of drug-likeness (QED) is 0.465. The van der Waals surface area contributed by atoms with Gasteiger partial charge in [-0.05, 0) is 51.1 Å². The summed E-state index contributed by atoms with van der Waals surface area (Å²) in [6.45, 7) is 6.72. The van der Waals surface area contributed by atoms with E-state index in [0.717, 1.165) is 11.3 Å². The maximum Gasteiger partial charge on any atom is 0.258 e. The molecule has 0 radical (unpaired) electrons. The third-order valence-corrected chi connectivity index (χ3v) is 5.94. The van der Waals surface area contributed by atoms with Crippen LogP contribution in [0.25, 0.3) is 22.2 Å². The molecule has 0 saturated carbocycles. The molecule has 164 valence electrons. The van der Waals surface area contributed by atoms with Gasteiger partial charge < -0.3 is 10.3 Å². The van der Waals surface area contributed by atoms with Crippen molar-refractivity contribution in [1.82, 2.24) is 19.9 Å². The SMILES string of the molecule is Cc1cc(C)c(-c2csc(NC(=O)CN(C)Cc3nc4ccccc4c(=O)[nH]3)n2)c(C)c1. The second-order valence-corrected chi connectivity index (χ2v) is 8.92. The fourth-order valence-electron chi connectivity index (χ4n) is 3.96. The van der Waals surface area contributed by atoms with Crippen LogP contribution in [0.3, 0.4) is 0 Å². The average molecular weight is 448 g/mol. The van der Waals surface area contributed by atoms with E-state index in [2.05, 4.69) is 53.2 Å². The number of hydrogen-bond donors (Lipinski definition) is 2. The average Bonchev–Trinajstić information content (AvgIpc) is 3.14. The van der Waals surface area contributed by atoms with E-state index in [1.54, 1.807) is 30.1 Å². The molecule has 32 heavy (non-hydrogen) atoms. The number of aromatic amines is 1. The zero-order valence-electron chi connectivity index (χ0n) is 18.5. The number of rotatable bonds is 6. The van der Waals surface area contributed by atoms with Crippen LogP contribution in [0.15, 0.2) is 46.6 Å². The summed E-state index contributed by atoms with van der Waals surface area (Å²) in [4.78, 5) is 38.5. The standard InChI is InChI=1S/C24H25N5O2S/c1-14-9-15(2)22(16(3)10-14)19-13-32-24(26-19)28-21(30)12-29(4)11-20-25-18-8-6-5-7-17(18)23(31)27-20/h5-10,13H,11-12H2,1-4H3,(H,25,27,31)(H,26,28,30). The lowest BCUT2D eigenvalue weighted by Crippen LogP contribution is -2.31. The molecule has 0 aliphatic heterocycles. The summed E-state index contributed by atoms with van der Waals surface area (Å²) < 4.78 is 0. The van der Waals surface area contributed by atoms with Crippen molar-refractivity contribution < 1.29 is 4.79 Å². The minimum atomic E-state index is -0.180. The molecule has 4 rings (SSSR count). The molecule has 1 amide bonds. The Morgan fingerprint density at radius 1 is 1.12 bits per heavy atom. The van der Waals surface area contributed by atoms with Crippen LogP contribution in [0.2, 0.25) is 0 Å². The Morgan fingerprint density at radius 3 is 2.59 bits per heavy atom. The Kier molecular flexibility index (Phi) is 6.16. The molecule has 2 aromatic carbocycles. The van der Waals surface area contributed by atoms with E-state index in [1.807, 2.05) is 11.4 Å². The van der Waals surface area contributed by atoms with E-state index in [-0.39, 0.29) is 18.0 Å². The summed E-state index contributed by atoms with van der Waals surface area (Å²) in [6.07, 6.45) is 0. The molecule has 0 aliphatic carbocycles. The molecular weight excluding hydrogens is 422 g/mol. The van der Waals surface area contributed by atoms with Gasteiger partial charge in [0.1, 0.15) is 5.82 Å². The monoisotopic (exact) mass is 447 g/mol. The van der Waals surface area contributed by atoms with Crippen molar-refractivity contribution in [3.8, 4) is 11.3 Å². The zero-order valence-corrected chi connectivity index (χ0v) is 19.3. The fraction of sp³-hybridized carbons (Fsp3) is 0.250. The van der Waals surface area contributed by atoms with Gasteiger partial charge in [-0.2, -0.15) is 0 Å². The maximum absolute atomic E-state index is 12.5. The number of para-hydroxylation sites is 1. The second kappa shape index (κ2) is 9.02. The van der Waals surface area contributed by atoms with E-state index in [1.165, 1.54) is 28.0 Å². The number of hydrogen-bond acceptors (Lipinski definition) is 6. The molecule has 0 saturated heterocycles. The Labute approximate surface area is 190 Å². The van der Waals surface area contributed by atoms with Crippen LogP contribution in [0.5, 0.6) is 0 Å². The highest BCUT2D eigenvalue weighted by atomic mass is 32.1. The molecule has 4 aromatic rings. The van der Waals surface area contributed by atoms with Crippen LogP contribution >= 0.6 is 11.3 Å². The van der Waals surface area contributed by atoms with Gasteiger partial charge in [0, 0.05) is 10.9 Å². The number of benzene rings is 2. The van der Waals surface area contributed by atoms with Gasteiger partial charge in [0.2, 0.25) is 5.91 Å². The van der Waals surface area contributed by atoms with E-state index in [9.17, 15) is 9.59 Å². The Balaban J connectivity index is 1.41. The zero-order chi connectivity index (χ0) is 22.8. The molecule has 7 nitrogen and oxygen atoms in total. The van der Waals surface area contributed by atoms with Crippen molar-refractivity contribution in [2.45, 2.75) is 27.3 Å². The van der Waals surface area contributed by atoms with Gasteiger partial charge >= 0.3 is 0 Å². The van der Waals surface area contributed by atoms with Crippen molar-refractivity contribution in [3.63, 3.8) is 0 Å². The first-order chi connectivity index (χ1) is 15.3. The highest BCUT2D eigenvalue weighted by molar-refractivity contribution is 7.14. The Bertz CT molecular complexity index is 1340. The molecule has 0 spiro atoms. The van der Waals surface area contributed by atoms with Crippen LogP contribution in [-0.4, -0.2) is 39.4 Å². The lowest BCUT2D eigenvalue weighted by atomic mass is 9.98. The van der Waals surface area contributed by atoms with Crippen LogP contribution in [-0.2, 0) is 11.3 Å². The molecule has 0 atom stereocenters. The van der Waals surface area contributed by atoms with Gasteiger partial charge in [0.25, 0.3) is 5.56 Å². The maximum atomic E-state index is 12.5. The van der Waals surface area contributed by atoms with Gasteiger partial charge in [-0.3, -0.25) is 14.5 Å². The van der Waals surface area contributed by atoms with Crippen molar-refractivity contribution in [2.24, 2.45) is 0 Å². The molecule has 0 unspecified atom stereocenters. The molecular formula is C24H25N5O2S. The number of H-pyrrole nitrogens is 1. The smallest absolute Gasteiger partial charge is 0.258 e. The number of carbonyl (C=O) groups excluding carboxylic acids is 1. The summed E-state index contributed by atoms with van der Waals surface area (Å²) in [5.74, 6) is 0.347. The number of anilines is 1. The molecule has 0 aliphatic rings. The third-order valence-electron chi connectivity index (χ3n) is 5.18. The molecule has 2 N–H and O–H groups in total. The van der Waals surface area contributed by atoms with Gasteiger partial charge in [-0.15, -0.1) is 11.3 Å². The topological polar surface area (TPSA) is 91.0 Å². The number of amides is 1. The van der Waals surface area contributed by atoms with Crippen molar-refractivity contribution in [1.29, 1.82) is 0 Å². The summed E-state index contributed by atoms with van der Waals surface area (Å²) >= 11 is 1.41.